The lowest BCUT2D eigenvalue weighted by atomic mass is 9.86. The van der Waals surface area contributed by atoms with Gasteiger partial charge in [-0.15, -0.1) is 0 Å². The Morgan fingerprint density at radius 3 is 2.48 bits per heavy atom. The number of halogens is 2. The number of piperidine rings is 1. The third kappa shape index (κ3) is 7.07. The number of hydrogen-bond donors (Lipinski definition) is 3. The Hall–Kier alpha value is -3.91. The van der Waals surface area contributed by atoms with E-state index in [0.29, 0.717) is 51.0 Å². The number of nitrogens with one attached hydrogen (secondary N) is 2. The van der Waals surface area contributed by atoms with Crippen molar-refractivity contribution in [1.82, 2.24) is 20.0 Å². The Kier molecular flexibility index (Phi) is 10.2. The van der Waals surface area contributed by atoms with Crippen molar-refractivity contribution >= 4 is 35.0 Å². The van der Waals surface area contributed by atoms with Gasteiger partial charge in [0, 0.05) is 51.3 Å². The largest absolute Gasteiger partial charge is 0.396 e. The van der Waals surface area contributed by atoms with Crippen molar-refractivity contribution in [2.45, 2.75) is 69.9 Å². The highest BCUT2D eigenvalue weighted by Crippen LogP contribution is 2.34. The number of hydrogen-bond acceptors (Lipinski definition) is 9. The predicted molar refractivity (Wildman–Crippen MR) is 155 cm³/mol. The van der Waals surface area contributed by atoms with E-state index in [1.165, 1.54) is 6.20 Å². The molecule has 1 unspecified atom stereocenters. The molecule has 0 radical (unpaired) electrons. The van der Waals surface area contributed by atoms with Gasteiger partial charge >= 0.3 is 0 Å². The molecule has 0 bridgehead atoms. The lowest BCUT2D eigenvalue weighted by molar-refractivity contribution is -0.136. The number of nitrogen functional groups attached to an aromatic ring is 1. The maximum absolute atomic E-state index is 13.2. The average Bonchev–Trinajstić information content (AvgIpc) is 3.52. The summed E-state index contributed by atoms with van der Waals surface area (Å²) in [7, 11) is 0. The van der Waals surface area contributed by atoms with E-state index in [2.05, 4.69) is 15.7 Å². The fraction of sp³-hybridized carbons (Fsp3) is 0.567. The first kappa shape index (κ1) is 31.5. The van der Waals surface area contributed by atoms with E-state index < -0.39 is 36.1 Å². The Morgan fingerprint density at radius 2 is 1.75 bits per heavy atom. The SMILES string of the molecule is Nc1cn(C2CCC(COCCCOCCCNc3cccc4c3C(=O)N(C3CCC(=O)NC3=O)C4=O)CC2)nc1C(F)F. The van der Waals surface area contributed by atoms with Crippen LogP contribution in [-0.2, 0) is 19.1 Å². The van der Waals surface area contributed by atoms with Crippen molar-refractivity contribution in [2.75, 3.05) is 44.0 Å². The van der Waals surface area contributed by atoms with E-state index in [9.17, 15) is 28.0 Å². The summed E-state index contributed by atoms with van der Waals surface area (Å²) in [5.74, 6) is -1.70. The average molecular weight is 617 g/mol. The number of aromatic nitrogens is 2. The first-order valence-corrected chi connectivity index (χ1v) is 15.1. The van der Waals surface area contributed by atoms with Gasteiger partial charge in [0.1, 0.15) is 6.04 Å². The second-order valence-electron chi connectivity index (χ2n) is 11.4. The number of imide groups is 2. The smallest absolute Gasteiger partial charge is 0.284 e. The van der Waals surface area contributed by atoms with E-state index >= 15 is 0 Å². The van der Waals surface area contributed by atoms with Crippen LogP contribution >= 0.6 is 0 Å². The number of anilines is 2. The highest BCUT2D eigenvalue weighted by molar-refractivity contribution is 6.25. The Morgan fingerprint density at radius 1 is 1.00 bits per heavy atom. The van der Waals surface area contributed by atoms with Crippen LogP contribution in [0, 0.1) is 5.92 Å². The van der Waals surface area contributed by atoms with E-state index in [0.717, 1.165) is 37.0 Å². The lowest BCUT2D eigenvalue weighted by Gasteiger charge is -2.28. The van der Waals surface area contributed by atoms with Crippen LogP contribution in [0.1, 0.15) is 90.2 Å². The van der Waals surface area contributed by atoms with Crippen LogP contribution in [0.3, 0.4) is 0 Å². The van der Waals surface area contributed by atoms with Gasteiger partial charge < -0.3 is 20.5 Å². The van der Waals surface area contributed by atoms with Crippen LogP contribution in [0.25, 0.3) is 0 Å². The summed E-state index contributed by atoms with van der Waals surface area (Å²) in [5, 5.41) is 9.39. The van der Waals surface area contributed by atoms with Gasteiger partial charge in [0.2, 0.25) is 11.8 Å². The normalized spacial score (nSPS) is 22.1. The summed E-state index contributed by atoms with van der Waals surface area (Å²) >= 11 is 0. The van der Waals surface area contributed by atoms with Crippen LogP contribution in [0.2, 0.25) is 0 Å². The Labute approximate surface area is 253 Å². The molecule has 2 aromatic rings. The van der Waals surface area contributed by atoms with Gasteiger partial charge in [0.05, 0.1) is 22.9 Å². The Bertz CT molecular complexity index is 1380. The number of nitrogens with two attached hydrogens (primary N) is 1. The van der Waals surface area contributed by atoms with Crippen LogP contribution in [0.4, 0.5) is 20.2 Å². The molecule has 1 saturated carbocycles. The van der Waals surface area contributed by atoms with Crippen LogP contribution in [0.5, 0.6) is 0 Å². The number of fused-ring (bicyclic) bond motifs is 1. The molecule has 2 fully saturated rings. The van der Waals surface area contributed by atoms with Crippen molar-refractivity contribution < 1.29 is 37.4 Å². The number of rotatable bonds is 14. The van der Waals surface area contributed by atoms with Crippen LogP contribution in [-0.4, -0.2) is 77.3 Å². The molecule has 1 aromatic carbocycles. The Balaban J connectivity index is 0.941. The van der Waals surface area contributed by atoms with Crippen molar-refractivity contribution in [2.24, 2.45) is 5.92 Å². The minimum absolute atomic E-state index is 0.0394. The number of carbonyl (C=O) groups is 4. The summed E-state index contributed by atoms with van der Waals surface area (Å²) in [6.07, 6.45) is 4.03. The molecule has 3 heterocycles. The van der Waals surface area contributed by atoms with E-state index in [1.54, 1.807) is 22.9 Å². The molecular weight excluding hydrogens is 578 g/mol. The maximum atomic E-state index is 13.2. The maximum Gasteiger partial charge on any atom is 0.284 e. The number of carbonyl (C=O) groups excluding carboxylic acids is 4. The third-order valence-corrected chi connectivity index (χ3v) is 8.37. The number of nitrogens with zero attached hydrogens (tertiary/aromatic N) is 3. The zero-order valence-electron chi connectivity index (χ0n) is 24.4. The van der Waals surface area contributed by atoms with E-state index in [4.69, 9.17) is 15.2 Å². The quantitative estimate of drug-likeness (QED) is 0.214. The second kappa shape index (κ2) is 14.2. The molecule has 14 heteroatoms. The monoisotopic (exact) mass is 616 g/mol. The first-order chi connectivity index (χ1) is 21.2. The standard InChI is InChI=1S/C30H38F2N6O6/c31-27(32)26-21(33)16-37(36-26)19-8-6-18(7-9-19)17-44-15-3-14-43-13-2-12-34-22-5-1-4-20-25(22)30(42)38(29(20)41)23-10-11-24(39)35-28(23)40/h1,4-5,16,18-19,23,27,34H,2-3,6-15,17,33H2,(H,35,39,40). The minimum atomic E-state index is -2.67. The molecule has 1 atom stereocenters. The van der Waals surface area contributed by atoms with Gasteiger partial charge in [-0.2, -0.15) is 5.10 Å². The number of benzene rings is 1. The topological polar surface area (TPSA) is 158 Å². The summed E-state index contributed by atoms with van der Waals surface area (Å²) in [5.41, 5.74) is 6.35. The van der Waals surface area contributed by atoms with E-state index in [-0.39, 0.29) is 41.4 Å². The molecule has 1 aliphatic carbocycles. The third-order valence-electron chi connectivity index (χ3n) is 8.37. The van der Waals surface area contributed by atoms with Gasteiger partial charge in [0.25, 0.3) is 18.2 Å². The summed E-state index contributed by atoms with van der Waals surface area (Å²) in [6.45, 7) is 2.82. The van der Waals surface area contributed by atoms with Crippen molar-refractivity contribution in [1.29, 1.82) is 0 Å². The fourth-order valence-electron chi connectivity index (χ4n) is 6.03. The molecule has 4 amide bonds. The van der Waals surface area contributed by atoms with Crippen LogP contribution < -0.4 is 16.4 Å². The highest BCUT2D eigenvalue weighted by Gasteiger charge is 2.45. The highest BCUT2D eigenvalue weighted by atomic mass is 19.3. The number of amides is 4. The van der Waals surface area contributed by atoms with Crippen molar-refractivity contribution in [3.63, 3.8) is 0 Å². The number of ether oxygens (including phenoxy) is 2. The lowest BCUT2D eigenvalue weighted by Crippen LogP contribution is -2.54. The zero-order chi connectivity index (χ0) is 31.2. The molecule has 238 valence electrons. The molecule has 1 aromatic heterocycles. The first-order valence-electron chi connectivity index (χ1n) is 15.1. The zero-order valence-corrected chi connectivity index (χ0v) is 24.4. The van der Waals surface area contributed by atoms with Gasteiger partial charge in [-0.05, 0) is 63.0 Å². The molecular formula is C30H38F2N6O6. The molecule has 1 saturated heterocycles. The van der Waals surface area contributed by atoms with Gasteiger partial charge in [-0.1, -0.05) is 6.07 Å². The van der Waals surface area contributed by atoms with Gasteiger partial charge in [-0.25, -0.2) is 8.78 Å². The van der Waals surface area contributed by atoms with Crippen molar-refractivity contribution in [3.05, 3.63) is 41.2 Å². The molecule has 0 spiro atoms. The summed E-state index contributed by atoms with van der Waals surface area (Å²) < 4.78 is 39.1. The summed E-state index contributed by atoms with van der Waals surface area (Å²) in [6, 6.07) is 4.05. The summed E-state index contributed by atoms with van der Waals surface area (Å²) in [4.78, 5) is 50.8. The molecule has 3 aliphatic rings. The van der Waals surface area contributed by atoms with Crippen LogP contribution in [0.15, 0.2) is 24.4 Å². The van der Waals surface area contributed by atoms with Crippen molar-refractivity contribution in [3.8, 4) is 0 Å². The van der Waals surface area contributed by atoms with Gasteiger partial charge in [-0.3, -0.25) is 34.1 Å². The molecule has 5 rings (SSSR count). The molecule has 4 N–H and O–H groups in total. The molecule has 44 heavy (non-hydrogen) atoms. The molecule has 12 nitrogen and oxygen atoms in total. The second-order valence-corrected chi connectivity index (χ2v) is 11.4. The fourth-order valence-corrected chi connectivity index (χ4v) is 6.03. The van der Waals surface area contributed by atoms with Gasteiger partial charge in [0.15, 0.2) is 5.69 Å². The number of alkyl halides is 2. The predicted octanol–water partition coefficient (Wildman–Crippen LogP) is 3.46. The minimum Gasteiger partial charge on any atom is -0.396 e. The van der Waals surface area contributed by atoms with E-state index in [1.807, 2.05) is 0 Å². The molecule has 2 aliphatic heterocycles.